The fourth-order valence-electron chi connectivity index (χ4n) is 3.05. The highest BCUT2D eigenvalue weighted by Gasteiger charge is 2.31. The largest absolute Gasteiger partial charge is 0.411 e. The monoisotopic (exact) mass is 437 g/mol. The quantitative estimate of drug-likeness (QED) is 0.741. The molecule has 1 unspecified atom stereocenters. The minimum Gasteiger partial charge on any atom is -0.370 e. The number of amides is 2. The Kier molecular flexibility index (Phi) is 7.52. The molecule has 0 aromatic heterocycles. The van der Waals surface area contributed by atoms with Crippen LogP contribution in [0, 0.1) is 13.8 Å². The van der Waals surface area contributed by atoms with Crippen molar-refractivity contribution in [1.29, 1.82) is 0 Å². The van der Waals surface area contributed by atoms with Crippen molar-refractivity contribution in [2.75, 3.05) is 39.4 Å². The second kappa shape index (κ2) is 9.31. The van der Waals surface area contributed by atoms with E-state index in [1.165, 1.54) is 16.1 Å². The third-order valence-electron chi connectivity index (χ3n) is 4.48. The smallest absolute Gasteiger partial charge is 0.370 e. The van der Waals surface area contributed by atoms with E-state index in [0.717, 1.165) is 5.56 Å². The van der Waals surface area contributed by atoms with Crippen LogP contribution in [-0.4, -0.2) is 75.3 Å². The number of rotatable bonds is 6. The van der Waals surface area contributed by atoms with Crippen molar-refractivity contribution in [3.8, 4) is 0 Å². The van der Waals surface area contributed by atoms with E-state index in [1.54, 1.807) is 25.1 Å². The van der Waals surface area contributed by atoms with Gasteiger partial charge in [0.25, 0.3) is 0 Å². The van der Waals surface area contributed by atoms with Crippen LogP contribution in [0.1, 0.15) is 18.1 Å². The van der Waals surface area contributed by atoms with Gasteiger partial charge >= 0.3 is 12.2 Å². The minimum atomic E-state index is -4.42. The van der Waals surface area contributed by atoms with Gasteiger partial charge in [-0.15, -0.1) is 0 Å². The number of hydrogen-bond donors (Lipinski definition) is 1. The molecule has 1 N–H and O–H groups in total. The lowest BCUT2D eigenvalue weighted by molar-refractivity contribution is -0.174. The van der Waals surface area contributed by atoms with Gasteiger partial charge in [-0.05, 0) is 32.4 Å². The lowest BCUT2D eigenvalue weighted by atomic mass is 10.2. The van der Waals surface area contributed by atoms with Crippen molar-refractivity contribution in [3.63, 3.8) is 0 Å². The van der Waals surface area contributed by atoms with Gasteiger partial charge in [0.05, 0.1) is 17.5 Å². The number of carbonyl (C=O) groups is 1. The Hall–Kier alpha value is -1.85. The van der Waals surface area contributed by atoms with Gasteiger partial charge in [-0.3, -0.25) is 0 Å². The molecule has 1 aromatic carbocycles. The summed E-state index contributed by atoms with van der Waals surface area (Å²) in [6.07, 6.45) is -4.42. The van der Waals surface area contributed by atoms with Crippen LogP contribution >= 0.6 is 0 Å². The molecule has 0 radical (unpaired) electrons. The van der Waals surface area contributed by atoms with Crippen LogP contribution in [0.25, 0.3) is 0 Å². The number of hydrogen-bond acceptors (Lipinski definition) is 4. The molecule has 1 fully saturated rings. The van der Waals surface area contributed by atoms with E-state index >= 15 is 0 Å². The summed E-state index contributed by atoms with van der Waals surface area (Å²) in [6.45, 7) is 4.17. The SMILES string of the molecule is Cc1ccc(S(=O)(=O)N2CCN(C(=O)NC(C)COCC(F)(F)F)CC2)c(C)c1. The lowest BCUT2D eigenvalue weighted by Gasteiger charge is -2.34. The van der Waals surface area contributed by atoms with E-state index < -0.39 is 34.9 Å². The van der Waals surface area contributed by atoms with E-state index in [-0.39, 0.29) is 37.7 Å². The number of urea groups is 1. The normalized spacial score (nSPS) is 17.2. The fraction of sp³-hybridized carbons (Fsp3) is 0.611. The molecule has 0 aliphatic carbocycles. The Balaban J connectivity index is 1.87. The van der Waals surface area contributed by atoms with Gasteiger partial charge in [0.15, 0.2) is 0 Å². The highest BCUT2D eigenvalue weighted by Crippen LogP contribution is 2.22. The predicted molar refractivity (Wildman–Crippen MR) is 101 cm³/mol. The van der Waals surface area contributed by atoms with Crippen LogP contribution < -0.4 is 5.32 Å². The molecule has 0 bridgehead atoms. The molecule has 7 nitrogen and oxygen atoms in total. The molecule has 1 atom stereocenters. The molecule has 0 spiro atoms. The summed E-state index contributed by atoms with van der Waals surface area (Å²) in [5.74, 6) is 0. The first-order valence-electron chi connectivity index (χ1n) is 9.17. The minimum absolute atomic E-state index is 0.141. The number of ether oxygens (including phenoxy) is 1. The van der Waals surface area contributed by atoms with Gasteiger partial charge in [0.1, 0.15) is 6.61 Å². The molecule has 2 amide bonds. The van der Waals surface area contributed by atoms with E-state index in [4.69, 9.17) is 0 Å². The second-order valence-corrected chi connectivity index (χ2v) is 9.05. The van der Waals surface area contributed by atoms with E-state index in [0.29, 0.717) is 5.56 Å². The third kappa shape index (κ3) is 6.58. The molecule has 29 heavy (non-hydrogen) atoms. The molecule has 164 valence electrons. The first kappa shape index (κ1) is 23.4. The molecule has 2 rings (SSSR count). The first-order valence-corrected chi connectivity index (χ1v) is 10.6. The molecule has 1 saturated heterocycles. The lowest BCUT2D eigenvalue weighted by Crippen LogP contribution is -2.54. The summed E-state index contributed by atoms with van der Waals surface area (Å²) >= 11 is 0. The van der Waals surface area contributed by atoms with Crippen molar-refractivity contribution >= 4 is 16.1 Å². The van der Waals surface area contributed by atoms with Crippen LogP contribution in [0.3, 0.4) is 0 Å². The third-order valence-corrected chi connectivity index (χ3v) is 6.54. The van der Waals surface area contributed by atoms with Gasteiger partial charge in [-0.2, -0.15) is 17.5 Å². The van der Waals surface area contributed by atoms with Crippen LogP contribution in [0.5, 0.6) is 0 Å². The first-order chi connectivity index (χ1) is 13.4. The maximum Gasteiger partial charge on any atom is 0.411 e. The molecule has 1 aliphatic rings. The highest BCUT2D eigenvalue weighted by atomic mass is 32.2. The fourth-order valence-corrected chi connectivity index (χ4v) is 4.68. The number of sulfonamides is 1. The molecular formula is C18H26F3N3O4S. The molecule has 0 saturated carbocycles. The maximum absolute atomic E-state index is 12.9. The van der Waals surface area contributed by atoms with Gasteiger partial charge in [-0.1, -0.05) is 17.7 Å². The second-order valence-electron chi connectivity index (χ2n) is 7.14. The molecular weight excluding hydrogens is 411 g/mol. The summed E-state index contributed by atoms with van der Waals surface area (Å²) in [5, 5.41) is 2.56. The van der Waals surface area contributed by atoms with Gasteiger partial charge < -0.3 is 15.0 Å². The average Bonchev–Trinajstić information content (AvgIpc) is 2.60. The van der Waals surface area contributed by atoms with E-state index in [2.05, 4.69) is 10.1 Å². The zero-order valence-electron chi connectivity index (χ0n) is 16.6. The van der Waals surface area contributed by atoms with Gasteiger partial charge in [-0.25, -0.2) is 13.2 Å². The Morgan fingerprint density at radius 3 is 2.38 bits per heavy atom. The number of halogens is 3. The number of nitrogens with zero attached hydrogens (tertiary/aromatic N) is 2. The number of piperazine rings is 1. The Labute approximate surface area is 168 Å². The summed E-state index contributed by atoms with van der Waals surface area (Å²) in [6, 6.07) is 4.06. The number of benzene rings is 1. The average molecular weight is 437 g/mol. The summed E-state index contributed by atoms with van der Waals surface area (Å²) in [5.41, 5.74) is 1.63. The number of alkyl halides is 3. The Morgan fingerprint density at radius 1 is 1.21 bits per heavy atom. The summed E-state index contributed by atoms with van der Waals surface area (Å²) < 4.78 is 67.9. The Bertz CT molecular complexity index is 822. The Morgan fingerprint density at radius 2 is 1.83 bits per heavy atom. The van der Waals surface area contributed by atoms with Crippen molar-refractivity contribution in [1.82, 2.24) is 14.5 Å². The molecule has 11 heteroatoms. The maximum atomic E-state index is 12.9. The molecule has 1 aliphatic heterocycles. The standard InChI is InChI=1S/C18H26F3N3O4S/c1-13-4-5-16(14(2)10-13)29(26,27)24-8-6-23(7-9-24)17(25)22-15(3)11-28-12-18(19,20)21/h4-5,10,15H,6-9,11-12H2,1-3H3,(H,22,25). The van der Waals surface area contributed by atoms with Crippen LogP contribution in [-0.2, 0) is 14.8 Å². The molecule has 1 aromatic rings. The van der Waals surface area contributed by atoms with Crippen LogP contribution in [0.4, 0.5) is 18.0 Å². The van der Waals surface area contributed by atoms with E-state index in [1.807, 2.05) is 6.92 Å². The van der Waals surface area contributed by atoms with Crippen molar-refractivity contribution < 1.29 is 31.1 Å². The van der Waals surface area contributed by atoms with E-state index in [9.17, 15) is 26.4 Å². The van der Waals surface area contributed by atoms with Crippen molar-refractivity contribution in [2.24, 2.45) is 0 Å². The van der Waals surface area contributed by atoms with Crippen molar-refractivity contribution in [2.45, 2.75) is 37.9 Å². The summed E-state index contributed by atoms with van der Waals surface area (Å²) in [7, 11) is -3.66. The highest BCUT2D eigenvalue weighted by molar-refractivity contribution is 7.89. The van der Waals surface area contributed by atoms with Crippen LogP contribution in [0.15, 0.2) is 23.1 Å². The zero-order chi connectivity index (χ0) is 21.8. The van der Waals surface area contributed by atoms with Crippen molar-refractivity contribution in [3.05, 3.63) is 29.3 Å². The number of carbonyl (C=O) groups excluding carboxylic acids is 1. The molecule has 1 heterocycles. The summed E-state index contributed by atoms with van der Waals surface area (Å²) in [4.78, 5) is 13.9. The predicted octanol–water partition coefficient (Wildman–Crippen LogP) is 2.29. The number of aryl methyl sites for hydroxylation is 2. The van der Waals surface area contributed by atoms with Gasteiger partial charge in [0.2, 0.25) is 10.0 Å². The van der Waals surface area contributed by atoms with Crippen LogP contribution in [0.2, 0.25) is 0 Å². The topological polar surface area (TPSA) is 79.0 Å². The zero-order valence-corrected chi connectivity index (χ0v) is 17.4. The number of nitrogens with one attached hydrogen (secondary N) is 1. The van der Waals surface area contributed by atoms with Gasteiger partial charge in [0, 0.05) is 26.2 Å².